The van der Waals surface area contributed by atoms with Gasteiger partial charge in [-0.1, -0.05) is 19.9 Å². The molecule has 0 aliphatic heterocycles. The Bertz CT molecular complexity index is 425. The molecule has 0 saturated carbocycles. The Hall–Kier alpha value is -0.480. The van der Waals surface area contributed by atoms with Crippen LogP contribution in [0.25, 0.3) is 0 Å². The zero-order chi connectivity index (χ0) is 13.1. The SMILES string of the molecule is CCS(CC)(c1cccc(OC)c1)P(=O)(O)O. The van der Waals surface area contributed by atoms with Crippen LogP contribution in [0.15, 0.2) is 29.2 Å². The molecule has 2 N–H and O–H groups in total. The van der Waals surface area contributed by atoms with Gasteiger partial charge in [-0.2, -0.15) is 0 Å². The van der Waals surface area contributed by atoms with Gasteiger partial charge in [0.2, 0.25) is 0 Å². The van der Waals surface area contributed by atoms with Crippen LogP contribution in [0.2, 0.25) is 0 Å². The molecule has 0 amide bonds. The van der Waals surface area contributed by atoms with E-state index in [0.717, 1.165) is 4.90 Å². The highest BCUT2D eigenvalue weighted by molar-refractivity contribution is 8.76. The lowest BCUT2D eigenvalue weighted by molar-refractivity contribution is 0.395. The molecule has 0 aliphatic rings. The van der Waals surface area contributed by atoms with Crippen molar-refractivity contribution in [1.29, 1.82) is 0 Å². The molecule has 1 aromatic carbocycles. The summed E-state index contributed by atoms with van der Waals surface area (Å²) in [6.45, 7) is -0.470. The third-order valence-corrected chi connectivity index (χ3v) is 11.8. The van der Waals surface area contributed by atoms with E-state index in [9.17, 15) is 14.4 Å². The van der Waals surface area contributed by atoms with Gasteiger partial charge in [-0.05, 0) is 29.7 Å². The van der Waals surface area contributed by atoms with E-state index in [1.165, 1.54) is 0 Å². The van der Waals surface area contributed by atoms with E-state index in [1.807, 2.05) is 13.8 Å². The van der Waals surface area contributed by atoms with Crippen molar-refractivity contribution in [2.24, 2.45) is 0 Å². The molecule has 98 valence electrons. The summed E-state index contributed by atoms with van der Waals surface area (Å²) in [4.78, 5) is 20.0. The molecule has 0 aromatic heterocycles. The van der Waals surface area contributed by atoms with Crippen molar-refractivity contribution in [2.45, 2.75) is 18.7 Å². The summed E-state index contributed by atoms with van der Waals surface area (Å²) in [5, 5.41) is 0. The highest BCUT2D eigenvalue weighted by Gasteiger charge is 2.40. The lowest BCUT2D eigenvalue weighted by Gasteiger charge is -2.38. The second-order valence-corrected chi connectivity index (χ2v) is 11.4. The van der Waals surface area contributed by atoms with Gasteiger partial charge in [-0.15, -0.1) is 9.65 Å². The molecule has 0 heterocycles. The van der Waals surface area contributed by atoms with E-state index < -0.39 is 16.4 Å². The molecule has 1 rings (SSSR count). The van der Waals surface area contributed by atoms with Crippen LogP contribution in [-0.4, -0.2) is 28.4 Å². The van der Waals surface area contributed by atoms with Gasteiger partial charge in [0.1, 0.15) is 5.75 Å². The molecular formula is C11H19O4PS. The van der Waals surface area contributed by atoms with Gasteiger partial charge < -0.3 is 14.5 Å². The van der Waals surface area contributed by atoms with Gasteiger partial charge in [0.15, 0.2) is 0 Å². The third kappa shape index (κ3) is 2.68. The van der Waals surface area contributed by atoms with Crippen molar-refractivity contribution < 1.29 is 19.1 Å². The van der Waals surface area contributed by atoms with Gasteiger partial charge in [0.05, 0.1) is 7.11 Å². The highest BCUT2D eigenvalue weighted by Crippen LogP contribution is 2.80. The van der Waals surface area contributed by atoms with E-state index in [4.69, 9.17) is 4.74 Å². The molecule has 0 aliphatic carbocycles. The number of benzene rings is 1. The van der Waals surface area contributed by atoms with E-state index in [-0.39, 0.29) is 0 Å². The number of rotatable bonds is 5. The number of hydrogen-bond donors (Lipinski definition) is 2. The highest BCUT2D eigenvalue weighted by atomic mass is 32.8. The normalized spacial score (nSPS) is 13.5. The Morgan fingerprint density at radius 1 is 1.29 bits per heavy atom. The van der Waals surface area contributed by atoms with Crippen molar-refractivity contribution in [3.05, 3.63) is 24.3 Å². The van der Waals surface area contributed by atoms with E-state index in [1.54, 1.807) is 31.4 Å². The first kappa shape index (κ1) is 14.6. The van der Waals surface area contributed by atoms with Gasteiger partial charge in [0.25, 0.3) is 0 Å². The molecule has 0 bridgehead atoms. The molecule has 0 radical (unpaired) electrons. The summed E-state index contributed by atoms with van der Waals surface area (Å²) in [6, 6.07) is 7.07. The predicted octanol–water partition coefficient (Wildman–Crippen LogP) is 2.99. The molecule has 4 nitrogen and oxygen atoms in total. The topological polar surface area (TPSA) is 66.8 Å². The maximum atomic E-state index is 11.8. The zero-order valence-electron chi connectivity index (χ0n) is 10.3. The predicted molar refractivity (Wildman–Crippen MR) is 72.0 cm³/mol. The van der Waals surface area contributed by atoms with E-state index in [0.29, 0.717) is 17.3 Å². The molecule has 0 atom stereocenters. The van der Waals surface area contributed by atoms with Crippen LogP contribution in [0.1, 0.15) is 13.8 Å². The minimum absolute atomic E-state index is 0.473. The van der Waals surface area contributed by atoms with E-state index >= 15 is 0 Å². The average Bonchev–Trinajstić information content (AvgIpc) is 2.30. The standard InChI is InChI=1S/C11H19O4PS/c1-4-17(5-2,16(12,13)14)11-8-6-7-10(9-11)15-3/h6-9H,4-5H2,1-3H3,(H2,12,13,14). The largest absolute Gasteiger partial charge is 0.497 e. The second-order valence-electron chi connectivity index (χ2n) is 3.59. The summed E-state index contributed by atoms with van der Waals surface area (Å²) in [7, 11) is -0.566. The third-order valence-electron chi connectivity index (χ3n) is 2.89. The zero-order valence-corrected chi connectivity index (χ0v) is 12.0. The van der Waals surface area contributed by atoms with Crippen LogP contribution >= 0.6 is 16.4 Å². The van der Waals surface area contributed by atoms with Crippen LogP contribution in [0.3, 0.4) is 0 Å². The smallest absolute Gasteiger partial charge is 0.370 e. The number of ether oxygens (including phenoxy) is 1. The molecule has 1 aromatic rings. The minimum Gasteiger partial charge on any atom is -0.497 e. The summed E-state index contributed by atoms with van der Waals surface area (Å²) < 4.78 is 16.9. The lowest BCUT2D eigenvalue weighted by Crippen LogP contribution is -2.07. The molecule has 17 heavy (non-hydrogen) atoms. The van der Waals surface area contributed by atoms with Gasteiger partial charge in [-0.3, -0.25) is 0 Å². The molecular weight excluding hydrogens is 259 g/mol. The summed E-state index contributed by atoms with van der Waals surface area (Å²) in [5.41, 5.74) is 0. The fourth-order valence-corrected chi connectivity index (χ4v) is 7.72. The number of hydrogen-bond acceptors (Lipinski definition) is 2. The Morgan fingerprint density at radius 2 is 1.88 bits per heavy atom. The van der Waals surface area contributed by atoms with Crippen LogP contribution in [0, 0.1) is 0 Å². The van der Waals surface area contributed by atoms with Gasteiger partial charge >= 0.3 is 6.80 Å². The second kappa shape index (κ2) is 5.44. The molecule has 0 fully saturated rings. The number of methoxy groups -OCH3 is 1. The van der Waals surface area contributed by atoms with Crippen molar-refractivity contribution in [3.8, 4) is 5.75 Å². The van der Waals surface area contributed by atoms with Crippen LogP contribution in [0.5, 0.6) is 5.75 Å². The first-order chi connectivity index (χ1) is 7.91. The fourth-order valence-electron chi connectivity index (χ4n) is 1.85. The quantitative estimate of drug-likeness (QED) is 0.812. The van der Waals surface area contributed by atoms with Crippen LogP contribution in [-0.2, 0) is 4.57 Å². The van der Waals surface area contributed by atoms with Gasteiger partial charge in [0, 0.05) is 4.90 Å². The van der Waals surface area contributed by atoms with E-state index in [2.05, 4.69) is 0 Å². The summed E-state index contributed by atoms with van der Waals surface area (Å²) in [5.74, 6) is 1.58. The monoisotopic (exact) mass is 278 g/mol. The summed E-state index contributed by atoms with van der Waals surface area (Å²) in [6.07, 6.45) is 0. The average molecular weight is 278 g/mol. The fraction of sp³-hybridized carbons (Fsp3) is 0.455. The molecule has 0 spiro atoms. The maximum Gasteiger partial charge on any atom is 0.370 e. The molecule has 0 saturated heterocycles. The van der Waals surface area contributed by atoms with Crippen molar-refractivity contribution in [2.75, 3.05) is 18.6 Å². The summed E-state index contributed by atoms with van der Waals surface area (Å²) >= 11 is 0. The Morgan fingerprint density at radius 3 is 2.29 bits per heavy atom. The first-order valence-electron chi connectivity index (χ1n) is 5.39. The maximum absolute atomic E-state index is 11.8. The minimum atomic E-state index is -4.13. The Labute approximate surface area is 103 Å². The Balaban J connectivity index is 3.37. The van der Waals surface area contributed by atoms with Crippen LogP contribution < -0.4 is 4.74 Å². The van der Waals surface area contributed by atoms with Crippen molar-refractivity contribution >= 4 is 16.4 Å². The Kier molecular flexibility index (Phi) is 4.67. The molecule has 6 heteroatoms. The van der Waals surface area contributed by atoms with Crippen LogP contribution in [0.4, 0.5) is 0 Å². The van der Waals surface area contributed by atoms with Crippen molar-refractivity contribution in [3.63, 3.8) is 0 Å². The first-order valence-corrected chi connectivity index (χ1v) is 9.58. The van der Waals surface area contributed by atoms with Crippen molar-refractivity contribution in [1.82, 2.24) is 0 Å². The lowest BCUT2D eigenvalue weighted by atomic mass is 10.3. The molecule has 0 unspecified atom stereocenters. The van der Waals surface area contributed by atoms with Gasteiger partial charge in [-0.25, -0.2) is 4.57 Å².